The number of amides is 2. The topological polar surface area (TPSA) is 62.6 Å². The quantitative estimate of drug-likeness (QED) is 0.567. The lowest BCUT2D eigenvalue weighted by atomic mass is 10.3. The van der Waals surface area contributed by atoms with E-state index in [1.807, 2.05) is 12.1 Å². The Kier molecular flexibility index (Phi) is 7.77. The van der Waals surface area contributed by atoms with Crippen molar-refractivity contribution in [3.63, 3.8) is 0 Å². The number of benzene rings is 1. The van der Waals surface area contributed by atoms with Crippen LogP contribution in [0, 0.1) is 5.82 Å². The average molecular weight is 397 g/mol. The lowest BCUT2D eigenvalue weighted by Gasteiger charge is -2.16. The van der Waals surface area contributed by atoms with Gasteiger partial charge in [0.25, 0.3) is 5.91 Å². The molecule has 8 heteroatoms. The predicted molar refractivity (Wildman–Crippen MR) is 102 cm³/mol. The third-order valence-corrected chi connectivity index (χ3v) is 4.70. The number of thiophene rings is 1. The van der Waals surface area contributed by atoms with Crippen molar-refractivity contribution < 1.29 is 18.9 Å². The largest absolute Gasteiger partial charge is 0.342 e. The summed E-state index contributed by atoms with van der Waals surface area (Å²) >= 11 is 7.41. The summed E-state index contributed by atoms with van der Waals surface area (Å²) in [7, 11) is 0. The minimum Gasteiger partial charge on any atom is -0.342 e. The van der Waals surface area contributed by atoms with E-state index in [1.54, 1.807) is 6.08 Å². The van der Waals surface area contributed by atoms with Crippen molar-refractivity contribution in [2.75, 3.05) is 25.0 Å². The summed E-state index contributed by atoms with van der Waals surface area (Å²) in [5, 5.41) is 5.18. The number of hydrogen-bond acceptors (Lipinski definition) is 3. The maximum Gasteiger partial charge on any atom is 0.275 e. The Balaban J connectivity index is 1.78. The molecule has 1 unspecified atom stereocenters. The van der Waals surface area contributed by atoms with Gasteiger partial charge in [0.15, 0.2) is 6.54 Å². The van der Waals surface area contributed by atoms with Gasteiger partial charge in [-0.2, -0.15) is 0 Å². The van der Waals surface area contributed by atoms with Crippen LogP contribution in [-0.4, -0.2) is 31.4 Å². The summed E-state index contributed by atoms with van der Waals surface area (Å²) in [4.78, 5) is 26.0. The fraction of sp³-hybridized carbons (Fsp3) is 0.222. The molecule has 26 heavy (non-hydrogen) atoms. The molecule has 1 aromatic carbocycles. The van der Waals surface area contributed by atoms with Crippen molar-refractivity contribution in [1.29, 1.82) is 0 Å². The van der Waals surface area contributed by atoms with E-state index in [-0.39, 0.29) is 30.7 Å². The zero-order valence-electron chi connectivity index (χ0n) is 14.1. The second kappa shape index (κ2) is 10.1. The van der Waals surface area contributed by atoms with Gasteiger partial charge in [-0.15, -0.1) is 11.3 Å². The smallest absolute Gasteiger partial charge is 0.275 e. The second-order valence-electron chi connectivity index (χ2n) is 5.63. The minimum absolute atomic E-state index is 0.150. The Labute approximate surface area is 160 Å². The molecule has 1 atom stereocenters. The number of nitrogens with one attached hydrogen (secondary N) is 3. The highest BCUT2D eigenvalue weighted by Crippen LogP contribution is 2.20. The second-order valence-corrected chi connectivity index (χ2v) is 7.43. The van der Waals surface area contributed by atoms with Gasteiger partial charge in [0.05, 0.1) is 22.3 Å². The van der Waals surface area contributed by atoms with Crippen LogP contribution >= 0.6 is 22.9 Å². The van der Waals surface area contributed by atoms with Gasteiger partial charge < -0.3 is 15.5 Å². The summed E-state index contributed by atoms with van der Waals surface area (Å²) < 4.78 is 13.5. The van der Waals surface area contributed by atoms with E-state index in [9.17, 15) is 14.0 Å². The maximum absolute atomic E-state index is 12.8. The van der Waals surface area contributed by atoms with Crippen LogP contribution in [0.25, 0.3) is 0 Å². The van der Waals surface area contributed by atoms with E-state index in [0.717, 1.165) is 9.78 Å². The first-order valence-corrected chi connectivity index (χ1v) is 9.16. The van der Waals surface area contributed by atoms with Crippen molar-refractivity contribution in [2.24, 2.45) is 0 Å². The molecule has 3 N–H and O–H groups in total. The van der Waals surface area contributed by atoms with Crippen LogP contribution in [-0.2, 0) is 16.1 Å². The monoisotopic (exact) mass is 396 g/mol. The molecule has 0 aliphatic carbocycles. The van der Waals surface area contributed by atoms with Gasteiger partial charge in [0.1, 0.15) is 12.4 Å². The maximum atomic E-state index is 12.8. The average Bonchev–Trinajstić information content (AvgIpc) is 3.00. The fourth-order valence-corrected chi connectivity index (χ4v) is 3.47. The predicted octanol–water partition coefficient (Wildman–Crippen LogP) is 1.87. The van der Waals surface area contributed by atoms with Gasteiger partial charge >= 0.3 is 0 Å². The van der Waals surface area contributed by atoms with E-state index in [1.165, 1.54) is 35.6 Å². The Morgan fingerprint density at radius 1 is 1.19 bits per heavy atom. The molecule has 1 aromatic heterocycles. The summed E-state index contributed by atoms with van der Waals surface area (Å²) in [6.45, 7) is 5.05. The van der Waals surface area contributed by atoms with E-state index in [0.29, 0.717) is 23.1 Å². The molecule has 5 nitrogen and oxygen atoms in total. The molecule has 2 aromatic rings. The van der Waals surface area contributed by atoms with Crippen molar-refractivity contribution in [1.82, 2.24) is 5.32 Å². The van der Waals surface area contributed by atoms with Crippen LogP contribution in [0.5, 0.6) is 0 Å². The third-order valence-electron chi connectivity index (χ3n) is 3.47. The highest BCUT2D eigenvalue weighted by molar-refractivity contribution is 7.16. The molecule has 0 aliphatic rings. The van der Waals surface area contributed by atoms with Crippen LogP contribution in [0.3, 0.4) is 0 Å². The van der Waals surface area contributed by atoms with Gasteiger partial charge in [-0.1, -0.05) is 18.2 Å². The summed E-state index contributed by atoms with van der Waals surface area (Å²) in [5.41, 5.74) is 0.471. The Morgan fingerprint density at radius 3 is 2.54 bits per heavy atom. The normalized spacial score (nSPS) is 11.6. The van der Waals surface area contributed by atoms with E-state index in [2.05, 4.69) is 17.2 Å². The lowest BCUT2D eigenvalue weighted by molar-refractivity contribution is -0.899. The van der Waals surface area contributed by atoms with E-state index in [4.69, 9.17) is 11.6 Å². The number of halogens is 2. The first kappa shape index (κ1) is 20.1. The van der Waals surface area contributed by atoms with Gasteiger partial charge in [-0.25, -0.2) is 4.39 Å². The number of rotatable bonds is 9. The van der Waals surface area contributed by atoms with E-state index >= 15 is 0 Å². The summed E-state index contributed by atoms with van der Waals surface area (Å²) in [5.74, 6) is -0.993. The molecule has 0 saturated carbocycles. The van der Waals surface area contributed by atoms with Crippen LogP contribution in [0.2, 0.25) is 4.34 Å². The summed E-state index contributed by atoms with van der Waals surface area (Å²) in [6.07, 6.45) is 1.75. The number of carbonyl (C=O) groups is 2. The fourth-order valence-electron chi connectivity index (χ4n) is 2.31. The first-order chi connectivity index (χ1) is 12.5. The Hall–Kier alpha value is -2.22. The van der Waals surface area contributed by atoms with E-state index < -0.39 is 0 Å². The number of carbonyl (C=O) groups excluding carboxylic acids is 2. The Bertz CT molecular complexity index is 764. The van der Waals surface area contributed by atoms with Crippen molar-refractivity contribution in [3.8, 4) is 0 Å². The SMILES string of the molecule is C=CC[NH+](CC(=O)NCC(=O)Nc1ccc(F)cc1)Cc1ccc(Cl)s1. The Morgan fingerprint density at radius 2 is 1.92 bits per heavy atom. The molecule has 0 radical (unpaired) electrons. The molecule has 2 rings (SSSR count). The van der Waals surface area contributed by atoms with Gasteiger partial charge in [0.2, 0.25) is 5.91 Å². The molecule has 0 spiro atoms. The van der Waals surface area contributed by atoms with Crippen LogP contribution < -0.4 is 15.5 Å². The molecule has 0 aliphatic heterocycles. The van der Waals surface area contributed by atoms with Crippen molar-refractivity contribution in [2.45, 2.75) is 6.54 Å². The number of hydrogen-bond donors (Lipinski definition) is 3. The lowest BCUT2D eigenvalue weighted by Crippen LogP contribution is -3.11. The molecule has 0 bridgehead atoms. The van der Waals surface area contributed by atoms with Crippen LogP contribution in [0.1, 0.15) is 4.88 Å². The third kappa shape index (κ3) is 6.95. The zero-order chi connectivity index (χ0) is 18.9. The molecule has 0 fully saturated rings. The molecule has 2 amide bonds. The van der Waals surface area contributed by atoms with Gasteiger partial charge in [0, 0.05) is 5.69 Å². The number of anilines is 1. The first-order valence-electron chi connectivity index (χ1n) is 7.97. The summed E-state index contributed by atoms with van der Waals surface area (Å²) in [6, 6.07) is 9.18. The molecular weight excluding hydrogens is 377 g/mol. The van der Waals surface area contributed by atoms with Crippen LogP contribution in [0.4, 0.5) is 10.1 Å². The highest BCUT2D eigenvalue weighted by atomic mass is 35.5. The molecule has 138 valence electrons. The van der Waals surface area contributed by atoms with Crippen molar-refractivity contribution in [3.05, 3.63) is 64.1 Å². The molecular formula is C18H20ClFN3O2S+. The number of quaternary nitrogens is 1. The van der Waals surface area contributed by atoms with Gasteiger partial charge in [-0.3, -0.25) is 9.59 Å². The zero-order valence-corrected chi connectivity index (χ0v) is 15.6. The minimum atomic E-state index is -0.381. The standard InChI is InChI=1S/C18H19ClFN3O2S/c1-2-9-23(11-15-7-8-16(19)26-15)12-18(25)21-10-17(24)22-14-5-3-13(20)4-6-14/h2-8H,1,9-12H2,(H,21,25)(H,22,24)/p+1. The van der Waals surface area contributed by atoms with Crippen LogP contribution in [0.15, 0.2) is 49.1 Å². The molecule has 0 saturated heterocycles. The molecule has 1 heterocycles. The van der Waals surface area contributed by atoms with Crippen molar-refractivity contribution >= 4 is 40.4 Å². The van der Waals surface area contributed by atoms with Gasteiger partial charge in [-0.05, 0) is 42.5 Å². The highest BCUT2D eigenvalue weighted by Gasteiger charge is 2.15.